The first kappa shape index (κ1) is 25.2. The van der Waals surface area contributed by atoms with E-state index in [1.54, 1.807) is 43.1 Å². The van der Waals surface area contributed by atoms with Crippen LogP contribution in [-0.4, -0.2) is 49.1 Å². The van der Waals surface area contributed by atoms with Crippen molar-refractivity contribution in [1.82, 2.24) is 15.5 Å². The van der Waals surface area contributed by atoms with Crippen LogP contribution in [0, 0.1) is 6.92 Å². The number of thioether (sulfide) groups is 1. The predicted molar refractivity (Wildman–Crippen MR) is 138 cm³/mol. The lowest BCUT2D eigenvalue weighted by Crippen LogP contribution is -2.37. The number of rotatable bonds is 8. The van der Waals surface area contributed by atoms with E-state index in [2.05, 4.69) is 47.0 Å². The molecule has 1 heterocycles. The van der Waals surface area contributed by atoms with Gasteiger partial charge in [0.1, 0.15) is 0 Å². The van der Waals surface area contributed by atoms with Gasteiger partial charge in [-0.15, -0.1) is 35.7 Å². The molecule has 166 valence electrons. The summed E-state index contributed by atoms with van der Waals surface area (Å²) in [6.07, 6.45) is 3.65. The first-order chi connectivity index (χ1) is 14.5. The molecular formula is C23H29IN4O2S. The zero-order valence-corrected chi connectivity index (χ0v) is 21.3. The van der Waals surface area contributed by atoms with Gasteiger partial charge in [-0.1, -0.05) is 24.3 Å². The van der Waals surface area contributed by atoms with Crippen LogP contribution in [-0.2, 0) is 6.54 Å². The molecule has 1 aliphatic heterocycles. The van der Waals surface area contributed by atoms with Crippen molar-refractivity contribution in [1.29, 1.82) is 0 Å². The zero-order chi connectivity index (χ0) is 21.5. The van der Waals surface area contributed by atoms with Crippen molar-refractivity contribution in [2.45, 2.75) is 31.2 Å². The molecule has 8 heteroatoms. The van der Waals surface area contributed by atoms with Gasteiger partial charge in [0.2, 0.25) is 0 Å². The van der Waals surface area contributed by atoms with Crippen molar-refractivity contribution in [2.24, 2.45) is 4.99 Å². The molecule has 31 heavy (non-hydrogen) atoms. The lowest BCUT2D eigenvalue weighted by Gasteiger charge is -2.15. The average molecular weight is 552 g/mol. The van der Waals surface area contributed by atoms with E-state index in [4.69, 9.17) is 0 Å². The van der Waals surface area contributed by atoms with Gasteiger partial charge in [0.05, 0.1) is 11.1 Å². The Kier molecular flexibility index (Phi) is 9.83. The second-order valence-corrected chi connectivity index (χ2v) is 8.03. The largest absolute Gasteiger partial charge is 0.356 e. The molecule has 0 unspecified atom stereocenters. The number of nitrogens with one attached hydrogen (secondary N) is 2. The Hall–Kier alpha value is -2.07. The van der Waals surface area contributed by atoms with Gasteiger partial charge < -0.3 is 10.6 Å². The molecule has 0 aromatic heterocycles. The van der Waals surface area contributed by atoms with Crippen molar-refractivity contribution in [3.05, 3.63) is 64.7 Å². The number of aryl methyl sites for hydroxylation is 1. The molecule has 2 aromatic carbocycles. The number of hydrogen-bond acceptors (Lipinski definition) is 4. The average Bonchev–Trinajstić information content (AvgIpc) is 3.01. The lowest BCUT2D eigenvalue weighted by atomic mass is 10.1. The molecule has 0 aliphatic carbocycles. The molecule has 2 N–H and O–H groups in total. The number of guanidine groups is 1. The SMILES string of the molecule is CN=C(NCCCCN1C(=O)c2ccccc2C1=O)NCc1ccc(C)cc1SC.I. The van der Waals surface area contributed by atoms with Crippen LogP contribution in [0.15, 0.2) is 52.4 Å². The first-order valence-electron chi connectivity index (χ1n) is 10.1. The number of imide groups is 1. The lowest BCUT2D eigenvalue weighted by molar-refractivity contribution is 0.0652. The molecule has 0 radical (unpaired) electrons. The quantitative estimate of drug-likeness (QED) is 0.129. The third-order valence-electron chi connectivity index (χ3n) is 5.09. The molecule has 2 amide bonds. The fourth-order valence-electron chi connectivity index (χ4n) is 3.44. The molecule has 2 aromatic rings. The molecule has 0 saturated carbocycles. The summed E-state index contributed by atoms with van der Waals surface area (Å²) in [5.74, 6) is 0.357. The summed E-state index contributed by atoms with van der Waals surface area (Å²) < 4.78 is 0. The number of amides is 2. The van der Waals surface area contributed by atoms with Crippen LogP contribution < -0.4 is 10.6 Å². The van der Waals surface area contributed by atoms with Crippen LogP contribution in [0.5, 0.6) is 0 Å². The number of halogens is 1. The Morgan fingerprint density at radius 3 is 2.32 bits per heavy atom. The number of fused-ring (bicyclic) bond motifs is 1. The molecule has 3 rings (SSSR count). The number of aliphatic imine (C=N–C) groups is 1. The minimum atomic E-state index is -0.191. The molecular weight excluding hydrogens is 523 g/mol. The van der Waals surface area contributed by atoms with E-state index in [1.165, 1.54) is 20.9 Å². The molecule has 6 nitrogen and oxygen atoms in total. The fraction of sp³-hybridized carbons (Fsp3) is 0.348. The van der Waals surface area contributed by atoms with E-state index < -0.39 is 0 Å². The first-order valence-corrected chi connectivity index (χ1v) is 11.3. The maximum Gasteiger partial charge on any atom is 0.261 e. The number of carbonyl (C=O) groups is 2. The highest BCUT2D eigenvalue weighted by atomic mass is 127. The van der Waals surface area contributed by atoms with Crippen LogP contribution in [0.4, 0.5) is 0 Å². The van der Waals surface area contributed by atoms with Gasteiger partial charge in [-0.2, -0.15) is 0 Å². The molecule has 0 bridgehead atoms. The molecule has 1 aliphatic rings. The molecule has 0 spiro atoms. The highest BCUT2D eigenvalue weighted by molar-refractivity contribution is 14.0. The smallest absolute Gasteiger partial charge is 0.261 e. The third kappa shape index (κ3) is 6.22. The Morgan fingerprint density at radius 1 is 1.03 bits per heavy atom. The van der Waals surface area contributed by atoms with Gasteiger partial charge in [0, 0.05) is 31.6 Å². The van der Waals surface area contributed by atoms with Crippen molar-refractivity contribution in [3.63, 3.8) is 0 Å². The van der Waals surface area contributed by atoms with Crippen LogP contribution in [0.3, 0.4) is 0 Å². The minimum absolute atomic E-state index is 0. The van der Waals surface area contributed by atoms with Gasteiger partial charge in [0.15, 0.2) is 5.96 Å². The van der Waals surface area contributed by atoms with E-state index in [0.29, 0.717) is 30.8 Å². The van der Waals surface area contributed by atoms with E-state index in [0.717, 1.165) is 18.8 Å². The predicted octanol–water partition coefficient (Wildman–Crippen LogP) is 4.08. The second-order valence-electron chi connectivity index (χ2n) is 7.18. The standard InChI is InChI=1S/C23H28N4O2S.HI/c1-16-10-11-17(20(14-16)30-3)15-26-23(24-2)25-12-6-7-13-27-21(28)18-8-4-5-9-19(18)22(27)29;/h4-5,8-11,14H,6-7,12-13,15H2,1-3H3,(H2,24,25,26);1H. The topological polar surface area (TPSA) is 73.8 Å². The van der Waals surface area contributed by atoms with Crippen LogP contribution in [0.1, 0.15) is 44.7 Å². The summed E-state index contributed by atoms with van der Waals surface area (Å²) in [5, 5.41) is 6.64. The van der Waals surface area contributed by atoms with Gasteiger partial charge in [-0.25, -0.2) is 0 Å². The molecule has 0 fully saturated rings. The summed E-state index contributed by atoms with van der Waals surface area (Å²) in [6.45, 7) is 3.94. The van der Waals surface area contributed by atoms with E-state index in [1.807, 2.05) is 0 Å². The highest BCUT2D eigenvalue weighted by Gasteiger charge is 2.34. The number of hydrogen-bond donors (Lipinski definition) is 2. The van der Waals surface area contributed by atoms with Crippen LogP contribution in [0.25, 0.3) is 0 Å². The number of unbranched alkanes of at least 4 members (excludes halogenated alkanes) is 1. The van der Waals surface area contributed by atoms with Crippen molar-refractivity contribution >= 4 is 53.5 Å². The van der Waals surface area contributed by atoms with Gasteiger partial charge >= 0.3 is 0 Å². The Morgan fingerprint density at radius 2 is 1.71 bits per heavy atom. The summed E-state index contributed by atoms with van der Waals surface area (Å²) in [6, 6.07) is 13.4. The monoisotopic (exact) mass is 552 g/mol. The maximum atomic E-state index is 12.4. The number of nitrogens with zero attached hydrogens (tertiary/aromatic N) is 2. The Bertz CT molecular complexity index is 929. The van der Waals surface area contributed by atoms with E-state index in [-0.39, 0.29) is 35.8 Å². The van der Waals surface area contributed by atoms with Gasteiger partial charge in [-0.3, -0.25) is 19.5 Å². The minimum Gasteiger partial charge on any atom is -0.356 e. The number of benzene rings is 2. The molecule has 0 saturated heterocycles. The zero-order valence-electron chi connectivity index (χ0n) is 18.1. The van der Waals surface area contributed by atoms with E-state index in [9.17, 15) is 9.59 Å². The summed E-state index contributed by atoms with van der Waals surface area (Å²) >= 11 is 1.74. The summed E-state index contributed by atoms with van der Waals surface area (Å²) in [5.41, 5.74) is 3.50. The van der Waals surface area contributed by atoms with Crippen molar-refractivity contribution < 1.29 is 9.59 Å². The van der Waals surface area contributed by atoms with E-state index >= 15 is 0 Å². The van der Waals surface area contributed by atoms with Crippen LogP contribution >= 0.6 is 35.7 Å². The summed E-state index contributed by atoms with van der Waals surface area (Å²) in [4.78, 5) is 31.6. The van der Waals surface area contributed by atoms with Gasteiger partial charge in [-0.05, 0) is 55.3 Å². The normalized spacial score (nSPS) is 13.1. The third-order valence-corrected chi connectivity index (χ3v) is 5.91. The van der Waals surface area contributed by atoms with Crippen molar-refractivity contribution in [3.8, 4) is 0 Å². The Balaban J connectivity index is 0.00000341. The maximum absolute atomic E-state index is 12.4. The number of carbonyl (C=O) groups excluding carboxylic acids is 2. The van der Waals surface area contributed by atoms with Gasteiger partial charge in [0.25, 0.3) is 11.8 Å². The van der Waals surface area contributed by atoms with Crippen molar-refractivity contribution in [2.75, 3.05) is 26.4 Å². The fourth-order valence-corrected chi connectivity index (χ4v) is 4.15. The second kappa shape index (κ2) is 12.1. The van der Waals surface area contributed by atoms with Crippen LogP contribution in [0.2, 0.25) is 0 Å². The molecule has 0 atom stereocenters. The summed E-state index contributed by atoms with van der Waals surface area (Å²) in [7, 11) is 1.75. The highest BCUT2D eigenvalue weighted by Crippen LogP contribution is 2.23. The Labute approximate surface area is 205 Å².